The lowest BCUT2D eigenvalue weighted by atomic mass is 10.1. The predicted molar refractivity (Wildman–Crippen MR) is 119 cm³/mol. The van der Waals surface area contributed by atoms with Gasteiger partial charge in [0.25, 0.3) is 11.8 Å². The molecule has 1 atom stereocenters. The van der Waals surface area contributed by atoms with Gasteiger partial charge in [-0.3, -0.25) is 14.9 Å². The van der Waals surface area contributed by atoms with Crippen LogP contribution >= 0.6 is 12.2 Å². The minimum Gasteiger partial charge on any atom is -0.494 e. The molecule has 30 heavy (non-hydrogen) atoms. The summed E-state index contributed by atoms with van der Waals surface area (Å²) >= 11 is 5.23. The highest BCUT2D eigenvalue weighted by molar-refractivity contribution is 7.80. The van der Waals surface area contributed by atoms with Crippen molar-refractivity contribution in [1.82, 2.24) is 10.6 Å². The molecule has 0 aromatic heterocycles. The van der Waals surface area contributed by atoms with Crippen molar-refractivity contribution in [3.63, 3.8) is 0 Å². The summed E-state index contributed by atoms with van der Waals surface area (Å²) < 4.78 is 10.9. The maximum Gasteiger partial charge on any atom is 0.257 e. The van der Waals surface area contributed by atoms with Crippen LogP contribution in [0.2, 0.25) is 0 Å². The van der Waals surface area contributed by atoms with Gasteiger partial charge < -0.3 is 20.1 Å². The number of carbonyl (C=O) groups is 2. The van der Waals surface area contributed by atoms with Crippen LogP contribution in [0, 0.1) is 0 Å². The number of rotatable bonds is 7. The summed E-state index contributed by atoms with van der Waals surface area (Å²) in [6.45, 7) is 3.70. The minimum absolute atomic E-state index is 0.0839. The fraction of sp³-hybridized carbons (Fsp3) is 0.318. The van der Waals surface area contributed by atoms with Gasteiger partial charge >= 0.3 is 0 Å². The highest BCUT2D eigenvalue weighted by atomic mass is 32.1. The third-order valence-electron chi connectivity index (χ3n) is 4.55. The van der Waals surface area contributed by atoms with Crippen LogP contribution in [0.25, 0.3) is 0 Å². The first-order chi connectivity index (χ1) is 14.5. The average molecular weight is 428 g/mol. The Morgan fingerprint density at radius 1 is 1.13 bits per heavy atom. The molecule has 0 spiro atoms. The second kappa shape index (κ2) is 10.7. The standard InChI is InChI=1S/C22H25N3O4S/c1-2-28-18-10-8-15(9-11-18)21(27)25-22(30)24-17-6-3-5-16(13-17)20(26)23-14-19-7-4-12-29-19/h3,5-6,8-11,13,19H,2,4,7,12,14H2,1H3,(H,23,26)(H2,24,25,27,30). The van der Waals surface area contributed by atoms with Gasteiger partial charge in [0.2, 0.25) is 0 Å². The third-order valence-corrected chi connectivity index (χ3v) is 4.76. The molecule has 7 nitrogen and oxygen atoms in total. The van der Waals surface area contributed by atoms with E-state index < -0.39 is 0 Å². The fourth-order valence-electron chi connectivity index (χ4n) is 3.06. The molecule has 1 aliphatic rings. The van der Waals surface area contributed by atoms with E-state index in [4.69, 9.17) is 21.7 Å². The van der Waals surface area contributed by atoms with E-state index in [1.807, 2.05) is 6.92 Å². The number of amides is 2. The van der Waals surface area contributed by atoms with Crippen molar-refractivity contribution < 1.29 is 19.1 Å². The van der Waals surface area contributed by atoms with Gasteiger partial charge in [-0.2, -0.15) is 0 Å². The van der Waals surface area contributed by atoms with Crippen LogP contribution in [0.1, 0.15) is 40.5 Å². The largest absolute Gasteiger partial charge is 0.494 e. The molecule has 0 radical (unpaired) electrons. The van der Waals surface area contributed by atoms with Gasteiger partial charge in [0.05, 0.1) is 12.7 Å². The van der Waals surface area contributed by atoms with E-state index in [0.29, 0.717) is 35.7 Å². The van der Waals surface area contributed by atoms with E-state index in [-0.39, 0.29) is 23.0 Å². The molecule has 3 N–H and O–H groups in total. The summed E-state index contributed by atoms with van der Waals surface area (Å²) in [6.07, 6.45) is 2.07. The molecular weight excluding hydrogens is 402 g/mol. The van der Waals surface area contributed by atoms with E-state index in [2.05, 4.69) is 16.0 Å². The number of hydrogen-bond acceptors (Lipinski definition) is 5. The Bertz CT molecular complexity index is 896. The summed E-state index contributed by atoms with van der Waals surface area (Å²) in [5.41, 5.74) is 1.57. The summed E-state index contributed by atoms with van der Waals surface area (Å²) in [7, 11) is 0. The first-order valence-electron chi connectivity index (χ1n) is 9.90. The van der Waals surface area contributed by atoms with E-state index in [0.717, 1.165) is 19.4 Å². The number of anilines is 1. The number of benzene rings is 2. The summed E-state index contributed by atoms with van der Waals surface area (Å²) in [5, 5.41) is 8.60. The minimum atomic E-state index is -0.332. The predicted octanol–water partition coefficient (Wildman–Crippen LogP) is 3.12. The molecule has 0 bridgehead atoms. The maximum atomic E-state index is 12.4. The van der Waals surface area contributed by atoms with E-state index >= 15 is 0 Å². The van der Waals surface area contributed by atoms with Crippen molar-refractivity contribution in [3.8, 4) is 5.75 Å². The lowest BCUT2D eigenvalue weighted by Crippen LogP contribution is -2.34. The molecule has 0 aliphatic carbocycles. The quantitative estimate of drug-likeness (QED) is 0.589. The molecule has 2 aromatic rings. The Labute approximate surface area is 181 Å². The maximum absolute atomic E-state index is 12.4. The number of nitrogens with one attached hydrogen (secondary N) is 3. The van der Waals surface area contributed by atoms with E-state index in [9.17, 15) is 9.59 Å². The zero-order valence-corrected chi connectivity index (χ0v) is 17.6. The van der Waals surface area contributed by atoms with Crippen LogP contribution in [-0.2, 0) is 4.74 Å². The Kier molecular flexibility index (Phi) is 7.75. The highest BCUT2D eigenvalue weighted by Crippen LogP contribution is 2.14. The van der Waals surface area contributed by atoms with Crippen LogP contribution in [0.15, 0.2) is 48.5 Å². The fourth-order valence-corrected chi connectivity index (χ4v) is 3.27. The smallest absolute Gasteiger partial charge is 0.257 e. The van der Waals surface area contributed by atoms with Crippen LogP contribution in [0.3, 0.4) is 0 Å². The van der Waals surface area contributed by atoms with Gasteiger partial charge in [0, 0.05) is 30.0 Å². The SMILES string of the molecule is CCOc1ccc(C(=O)NC(=S)Nc2cccc(C(=O)NCC3CCCO3)c2)cc1. The molecule has 1 saturated heterocycles. The van der Waals surface area contributed by atoms with Gasteiger partial charge in [-0.05, 0) is 74.4 Å². The second-order valence-corrected chi connectivity index (χ2v) is 7.20. The zero-order chi connectivity index (χ0) is 21.3. The molecule has 1 heterocycles. The van der Waals surface area contributed by atoms with E-state index in [1.54, 1.807) is 48.5 Å². The lowest BCUT2D eigenvalue weighted by Gasteiger charge is -2.13. The highest BCUT2D eigenvalue weighted by Gasteiger charge is 2.17. The number of carbonyl (C=O) groups excluding carboxylic acids is 2. The molecule has 2 amide bonds. The molecule has 3 rings (SSSR count). The van der Waals surface area contributed by atoms with Gasteiger partial charge in [-0.15, -0.1) is 0 Å². The molecular formula is C22H25N3O4S. The summed E-state index contributed by atoms with van der Waals surface area (Å²) in [5.74, 6) is 0.184. The third kappa shape index (κ3) is 6.27. The lowest BCUT2D eigenvalue weighted by molar-refractivity contribution is 0.0857. The van der Waals surface area contributed by atoms with Crippen LogP contribution in [0.4, 0.5) is 5.69 Å². The number of thiocarbonyl (C=S) groups is 1. The second-order valence-electron chi connectivity index (χ2n) is 6.79. The average Bonchev–Trinajstić information content (AvgIpc) is 3.26. The van der Waals surface area contributed by atoms with Gasteiger partial charge in [-0.1, -0.05) is 6.07 Å². The van der Waals surface area contributed by atoms with Crippen LogP contribution in [-0.4, -0.2) is 42.8 Å². The van der Waals surface area contributed by atoms with Gasteiger partial charge in [-0.25, -0.2) is 0 Å². The van der Waals surface area contributed by atoms with Crippen molar-refractivity contribution in [2.45, 2.75) is 25.9 Å². The van der Waals surface area contributed by atoms with Gasteiger partial charge in [0.15, 0.2) is 5.11 Å². The molecule has 2 aromatic carbocycles. The Balaban J connectivity index is 1.52. The first kappa shape index (κ1) is 21.7. The normalized spacial score (nSPS) is 15.3. The Hall–Kier alpha value is -2.97. The molecule has 0 saturated carbocycles. The number of hydrogen-bond donors (Lipinski definition) is 3. The molecule has 8 heteroatoms. The van der Waals surface area contributed by atoms with Crippen molar-refractivity contribution in [2.24, 2.45) is 0 Å². The molecule has 1 aliphatic heterocycles. The summed E-state index contributed by atoms with van der Waals surface area (Å²) in [6, 6.07) is 13.7. The summed E-state index contributed by atoms with van der Waals surface area (Å²) in [4.78, 5) is 24.7. The van der Waals surface area contributed by atoms with E-state index in [1.165, 1.54) is 0 Å². The zero-order valence-electron chi connectivity index (χ0n) is 16.8. The van der Waals surface area contributed by atoms with Gasteiger partial charge in [0.1, 0.15) is 5.75 Å². The molecule has 158 valence electrons. The topological polar surface area (TPSA) is 88.7 Å². The van der Waals surface area contributed by atoms with Crippen molar-refractivity contribution >= 4 is 34.8 Å². The monoisotopic (exact) mass is 427 g/mol. The van der Waals surface area contributed by atoms with Crippen molar-refractivity contribution in [2.75, 3.05) is 25.1 Å². The Morgan fingerprint density at radius 2 is 1.93 bits per heavy atom. The van der Waals surface area contributed by atoms with Crippen LogP contribution < -0.4 is 20.7 Å². The molecule has 1 fully saturated rings. The van der Waals surface area contributed by atoms with Crippen LogP contribution in [0.5, 0.6) is 5.75 Å². The first-order valence-corrected chi connectivity index (χ1v) is 10.3. The van der Waals surface area contributed by atoms with Crippen molar-refractivity contribution in [3.05, 3.63) is 59.7 Å². The number of ether oxygens (including phenoxy) is 2. The van der Waals surface area contributed by atoms with Crippen molar-refractivity contribution in [1.29, 1.82) is 0 Å². The molecule has 1 unspecified atom stereocenters. The Morgan fingerprint density at radius 3 is 2.63 bits per heavy atom.